The lowest BCUT2D eigenvalue weighted by molar-refractivity contribution is -0.117. The van der Waals surface area contributed by atoms with Crippen molar-refractivity contribution < 1.29 is 14.3 Å². The molecule has 0 bridgehead atoms. The van der Waals surface area contributed by atoms with E-state index < -0.39 is 0 Å². The number of amides is 1. The highest BCUT2D eigenvalue weighted by atomic mass is 32.2. The van der Waals surface area contributed by atoms with E-state index in [0.717, 1.165) is 54.1 Å². The van der Waals surface area contributed by atoms with E-state index in [0.29, 0.717) is 35.0 Å². The van der Waals surface area contributed by atoms with Crippen molar-refractivity contribution in [2.75, 3.05) is 38.2 Å². The first-order chi connectivity index (χ1) is 17.2. The number of nitrogens with one attached hydrogen (secondary N) is 1. The number of fused-ring (bicyclic) bond motifs is 2. The maximum atomic E-state index is 12.5. The van der Waals surface area contributed by atoms with Crippen LogP contribution in [-0.4, -0.2) is 74.6 Å². The zero-order chi connectivity index (χ0) is 23.6. The standard InChI is InChI=1S/C23H25N7O3S2/c31-20(14-29-9-2-11-32-12-10-29)25-22-24-17-6-5-16(13-18(17)35-22)34-23-27-26-19-7-8-21(28-30(19)23)33-15-3-1-4-15/h5-8,13,15H,1-4,9-12,14H2,(H,24,25,31). The maximum Gasteiger partial charge on any atom is 0.240 e. The van der Waals surface area contributed by atoms with Gasteiger partial charge in [-0.3, -0.25) is 9.69 Å². The van der Waals surface area contributed by atoms with Crippen LogP contribution in [0.1, 0.15) is 25.7 Å². The van der Waals surface area contributed by atoms with Crippen molar-refractivity contribution >= 4 is 50.0 Å². The Morgan fingerprint density at radius 2 is 2.11 bits per heavy atom. The molecule has 182 valence electrons. The number of carbonyl (C=O) groups is 1. The first-order valence-electron chi connectivity index (χ1n) is 11.8. The second kappa shape index (κ2) is 10.1. The zero-order valence-electron chi connectivity index (χ0n) is 19.1. The Balaban J connectivity index is 1.14. The quantitative estimate of drug-likeness (QED) is 0.399. The third kappa shape index (κ3) is 5.25. The molecule has 0 radical (unpaired) electrons. The topological polar surface area (TPSA) is 107 Å². The minimum atomic E-state index is -0.0542. The van der Waals surface area contributed by atoms with Gasteiger partial charge in [0.25, 0.3) is 0 Å². The van der Waals surface area contributed by atoms with E-state index in [-0.39, 0.29) is 12.0 Å². The molecule has 1 N–H and O–H groups in total. The van der Waals surface area contributed by atoms with Crippen LogP contribution in [0.15, 0.2) is 40.4 Å². The Bertz CT molecular complexity index is 1350. The Hall–Kier alpha value is -2.80. The van der Waals surface area contributed by atoms with Crippen molar-refractivity contribution in [1.82, 2.24) is 29.7 Å². The van der Waals surface area contributed by atoms with Crippen molar-refractivity contribution in [3.05, 3.63) is 30.3 Å². The van der Waals surface area contributed by atoms with Gasteiger partial charge in [0.1, 0.15) is 6.10 Å². The van der Waals surface area contributed by atoms with Gasteiger partial charge in [-0.2, -0.15) is 4.52 Å². The highest BCUT2D eigenvalue weighted by Gasteiger charge is 2.20. The third-order valence-electron chi connectivity index (χ3n) is 6.05. The normalized spacial score (nSPS) is 17.4. The third-order valence-corrected chi connectivity index (χ3v) is 7.91. The molecule has 1 amide bonds. The van der Waals surface area contributed by atoms with E-state index in [1.807, 2.05) is 24.3 Å². The molecular formula is C23H25N7O3S2. The summed E-state index contributed by atoms with van der Waals surface area (Å²) >= 11 is 2.94. The molecule has 6 rings (SSSR count). The summed E-state index contributed by atoms with van der Waals surface area (Å²) < 4.78 is 14.1. The van der Waals surface area contributed by atoms with Gasteiger partial charge in [-0.05, 0) is 61.7 Å². The molecule has 1 aliphatic carbocycles. The Labute approximate surface area is 210 Å². The fourth-order valence-corrected chi connectivity index (χ4v) is 5.81. The number of rotatable bonds is 7. The van der Waals surface area contributed by atoms with Crippen molar-refractivity contribution in [2.45, 2.75) is 41.8 Å². The number of ether oxygens (including phenoxy) is 2. The number of carbonyl (C=O) groups excluding carboxylic acids is 1. The van der Waals surface area contributed by atoms with Crippen LogP contribution >= 0.6 is 23.1 Å². The molecule has 4 aromatic rings. The molecule has 0 atom stereocenters. The number of nitrogens with zero attached hydrogens (tertiary/aromatic N) is 6. The van der Waals surface area contributed by atoms with Gasteiger partial charge in [-0.25, -0.2) is 4.98 Å². The minimum Gasteiger partial charge on any atom is -0.473 e. The average Bonchev–Trinajstić information content (AvgIpc) is 3.30. The summed E-state index contributed by atoms with van der Waals surface area (Å²) in [6.45, 7) is 3.41. The summed E-state index contributed by atoms with van der Waals surface area (Å²) in [5.41, 5.74) is 1.52. The Kier molecular flexibility index (Phi) is 6.51. The number of thiazole rings is 1. The maximum absolute atomic E-state index is 12.5. The number of aromatic nitrogens is 5. The molecular weight excluding hydrogens is 486 g/mol. The monoisotopic (exact) mass is 511 g/mol. The number of anilines is 1. The highest BCUT2D eigenvalue weighted by molar-refractivity contribution is 7.99. The van der Waals surface area contributed by atoms with Crippen LogP contribution in [0.4, 0.5) is 5.13 Å². The molecule has 0 spiro atoms. The van der Waals surface area contributed by atoms with Crippen LogP contribution in [0.25, 0.3) is 15.9 Å². The van der Waals surface area contributed by atoms with Crippen molar-refractivity contribution in [1.29, 1.82) is 0 Å². The predicted molar refractivity (Wildman–Crippen MR) is 133 cm³/mol. The SMILES string of the molecule is O=C(CN1CCCOCC1)Nc1nc2ccc(Sc3nnc4ccc(OC5CCC5)nn34)cc2s1. The molecule has 10 nitrogen and oxygen atoms in total. The van der Waals surface area contributed by atoms with Gasteiger partial charge in [-0.15, -0.1) is 15.3 Å². The summed E-state index contributed by atoms with van der Waals surface area (Å²) in [4.78, 5) is 20.2. The second-order valence-electron chi connectivity index (χ2n) is 8.64. The lowest BCUT2D eigenvalue weighted by Crippen LogP contribution is -2.34. The van der Waals surface area contributed by atoms with Crippen molar-refractivity contribution in [2.24, 2.45) is 0 Å². The van der Waals surface area contributed by atoms with Crippen LogP contribution in [0, 0.1) is 0 Å². The van der Waals surface area contributed by atoms with Crippen LogP contribution in [-0.2, 0) is 9.53 Å². The zero-order valence-corrected chi connectivity index (χ0v) is 20.7. The summed E-state index contributed by atoms with van der Waals surface area (Å²) in [7, 11) is 0. The van der Waals surface area contributed by atoms with Gasteiger partial charge >= 0.3 is 0 Å². The Morgan fingerprint density at radius 1 is 1.17 bits per heavy atom. The summed E-state index contributed by atoms with van der Waals surface area (Å²) in [5.74, 6) is 0.538. The molecule has 1 aliphatic heterocycles. The van der Waals surface area contributed by atoms with E-state index in [1.54, 1.807) is 4.52 Å². The van der Waals surface area contributed by atoms with Gasteiger partial charge in [-0.1, -0.05) is 11.3 Å². The number of hydrogen-bond acceptors (Lipinski definition) is 10. The summed E-state index contributed by atoms with van der Waals surface area (Å²) in [6.07, 6.45) is 4.57. The van der Waals surface area contributed by atoms with Gasteiger partial charge in [0, 0.05) is 30.7 Å². The van der Waals surface area contributed by atoms with Gasteiger partial charge < -0.3 is 14.8 Å². The van der Waals surface area contributed by atoms with Gasteiger partial charge in [0.05, 0.1) is 23.4 Å². The predicted octanol–water partition coefficient (Wildman–Crippen LogP) is 3.48. The molecule has 0 unspecified atom stereocenters. The first-order valence-corrected chi connectivity index (χ1v) is 13.4. The lowest BCUT2D eigenvalue weighted by Gasteiger charge is -2.25. The van der Waals surface area contributed by atoms with Crippen LogP contribution in [0.2, 0.25) is 0 Å². The Morgan fingerprint density at radius 3 is 3.00 bits per heavy atom. The fourth-order valence-electron chi connectivity index (χ4n) is 3.98. The fraction of sp³-hybridized carbons (Fsp3) is 0.435. The molecule has 4 heterocycles. The van der Waals surface area contributed by atoms with Gasteiger partial charge in [0.2, 0.25) is 16.9 Å². The molecule has 1 saturated heterocycles. The number of hydrogen-bond donors (Lipinski definition) is 1. The molecule has 35 heavy (non-hydrogen) atoms. The first kappa shape index (κ1) is 22.7. The molecule has 2 fully saturated rings. The minimum absolute atomic E-state index is 0.0542. The van der Waals surface area contributed by atoms with E-state index in [9.17, 15) is 4.79 Å². The van der Waals surface area contributed by atoms with Gasteiger partial charge in [0.15, 0.2) is 10.8 Å². The molecule has 2 aliphatic rings. The van der Waals surface area contributed by atoms with E-state index >= 15 is 0 Å². The molecule has 1 saturated carbocycles. The van der Waals surface area contributed by atoms with Crippen LogP contribution in [0.3, 0.4) is 0 Å². The van der Waals surface area contributed by atoms with Crippen molar-refractivity contribution in [3.63, 3.8) is 0 Å². The number of benzene rings is 1. The lowest BCUT2D eigenvalue weighted by atomic mass is 9.96. The van der Waals surface area contributed by atoms with Crippen LogP contribution in [0.5, 0.6) is 5.88 Å². The van der Waals surface area contributed by atoms with Crippen LogP contribution < -0.4 is 10.1 Å². The summed E-state index contributed by atoms with van der Waals surface area (Å²) in [6, 6.07) is 9.72. The summed E-state index contributed by atoms with van der Waals surface area (Å²) in [5, 5.41) is 17.3. The second-order valence-corrected chi connectivity index (χ2v) is 10.7. The smallest absolute Gasteiger partial charge is 0.240 e. The highest BCUT2D eigenvalue weighted by Crippen LogP contribution is 2.33. The van der Waals surface area contributed by atoms with E-state index in [1.165, 1.54) is 29.5 Å². The largest absolute Gasteiger partial charge is 0.473 e. The molecule has 1 aromatic carbocycles. The van der Waals surface area contributed by atoms with E-state index in [4.69, 9.17) is 9.47 Å². The molecule has 3 aromatic heterocycles. The van der Waals surface area contributed by atoms with Crippen molar-refractivity contribution in [3.8, 4) is 5.88 Å². The average molecular weight is 512 g/mol. The molecule has 12 heteroatoms. The van der Waals surface area contributed by atoms with E-state index in [2.05, 4.69) is 36.6 Å².